The molecule has 0 radical (unpaired) electrons. The Bertz CT molecular complexity index is 463. The molecule has 4 heteroatoms. The van der Waals surface area contributed by atoms with Gasteiger partial charge in [-0.15, -0.1) is 0 Å². The molecule has 0 bridgehead atoms. The smallest absolute Gasteiger partial charge is 0.134 e. The second-order valence-corrected chi connectivity index (χ2v) is 7.70. The van der Waals surface area contributed by atoms with Crippen LogP contribution >= 0.6 is 0 Å². The molecule has 2 rings (SSSR count). The third kappa shape index (κ3) is 3.41. The van der Waals surface area contributed by atoms with E-state index in [1.807, 2.05) is 7.05 Å². The van der Waals surface area contributed by atoms with Gasteiger partial charge in [0.05, 0.1) is 0 Å². The third-order valence-corrected chi connectivity index (χ3v) is 4.22. The van der Waals surface area contributed by atoms with Crippen molar-refractivity contribution in [1.82, 2.24) is 9.97 Å². The van der Waals surface area contributed by atoms with Crippen molar-refractivity contribution in [2.75, 3.05) is 17.7 Å². The lowest BCUT2D eigenvalue weighted by molar-refractivity contribution is 0.105. The molecule has 0 aromatic carbocycles. The minimum atomic E-state index is 0.381. The second-order valence-electron chi connectivity index (χ2n) is 7.70. The standard InChI is InChI=1S/C16H28N4/c1-11-13(17-6)18-10-19-14(11)20-12-7-15(2,3)9-16(4,5)8-12/h10,12H,7-9H2,1-6H3,(H2,17,18,19,20). The van der Waals surface area contributed by atoms with Gasteiger partial charge in [-0.1, -0.05) is 27.7 Å². The van der Waals surface area contributed by atoms with Crippen molar-refractivity contribution in [3.8, 4) is 0 Å². The highest BCUT2D eigenvalue weighted by Gasteiger charge is 2.38. The van der Waals surface area contributed by atoms with Gasteiger partial charge in [-0.3, -0.25) is 0 Å². The van der Waals surface area contributed by atoms with Crippen LogP contribution < -0.4 is 10.6 Å². The molecule has 0 amide bonds. The number of rotatable bonds is 3. The summed E-state index contributed by atoms with van der Waals surface area (Å²) >= 11 is 0. The number of hydrogen-bond acceptors (Lipinski definition) is 4. The minimum absolute atomic E-state index is 0.381. The van der Waals surface area contributed by atoms with Gasteiger partial charge >= 0.3 is 0 Å². The van der Waals surface area contributed by atoms with Crippen LogP contribution in [0.3, 0.4) is 0 Å². The zero-order valence-electron chi connectivity index (χ0n) is 13.7. The molecule has 0 aliphatic heterocycles. The lowest BCUT2D eigenvalue weighted by Crippen LogP contribution is -2.40. The molecular formula is C16H28N4. The molecule has 0 spiro atoms. The highest BCUT2D eigenvalue weighted by molar-refractivity contribution is 5.56. The molecule has 0 unspecified atom stereocenters. The highest BCUT2D eigenvalue weighted by Crippen LogP contribution is 2.46. The van der Waals surface area contributed by atoms with Gasteiger partial charge in [0, 0.05) is 18.7 Å². The lowest BCUT2D eigenvalue weighted by atomic mass is 9.63. The van der Waals surface area contributed by atoms with Gasteiger partial charge in [0.2, 0.25) is 0 Å². The van der Waals surface area contributed by atoms with Crippen LogP contribution in [0.4, 0.5) is 11.6 Å². The first kappa shape index (κ1) is 15.1. The summed E-state index contributed by atoms with van der Waals surface area (Å²) in [6, 6.07) is 0.479. The zero-order valence-corrected chi connectivity index (χ0v) is 13.7. The SMILES string of the molecule is CNc1ncnc(NC2CC(C)(C)CC(C)(C)C2)c1C. The molecule has 0 saturated heterocycles. The maximum absolute atomic E-state index is 4.41. The van der Waals surface area contributed by atoms with E-state index in [0.29, 0.717) is 16.9 Å². The number of aromatic nitrogens is 2. The number of anilines is 2. The van der Waals surface area contributed by atoms with E-state index < -0.39 is 0 Å². The van der Waals surface area contributed by atoms with Gasteiger partial charge in [-0.05, 0) is 37.0 Å². The fourth-order valence-electron chi connectivity index (χ4n) is 3.99. The fraction of sp³-hybridized carbons (Fsp3) is 0.750. The molecule has 2 N–H and O–H groups in total. The molecule has 1 aliphatic rings. The largest absolute Gasteiger partial charge is 0.373 e. The number of hydrogen-bond donors (Lipinski definition) is 2. The van der Waals surface area contributed by atoms with E-state index in [1.165, 1.54) is 19.3 Å². The van der Waals surface area contributed by atoms with Crippen LogP contribution in [0.5, 0.6) is 0 Å². The first-order valence-electron chi connectivity index (χ1n) is 7.48. The van der Waals surface area contributed by atoms with Crippen molar-refractivity contribution in [2.45, 2.75) is 59.9 Å². The van der Waals surface area contributed by atoms with Gasteiger partial charge < -0.3 is 10.6 Å². The van der Waals surface area contributed by atoms with Crippen LogP contribution in [-0.2, 0) is 0 Å². The molecule has 1 aliphatic carbocycles. The normalized spacial score (nSPS) is 21.5. The van der Waals surface area contributed by atoms with E-state index in [9.17, 15) is 0 Å². The Morgan fingerprint density at radius 1 is 1.05 bits per heavy atom. The summed E-state index contributed by atoms with van der Waals surface area (Å²) < 4.78 is 0. The van der Waals surface area contributed by atoms with E-state index in [1.54, 1.807) is 6.33 Å². The van der Waals surface area contributed by atoms with Crippen LogP contribution in [0.1, 0.15) is 52.5 Å². The Morgan fingerprint density at radius 2 is 1.60 bits per heavy atom. The maximum atomic E-state index is 4.41. The van der Waals surface area contributed by atoms with Gasteiger partial charge in [0.1, 0.15) is 18.0 Å². The molecule has 4 nitrogen and oxygen atoms in total. The van der Waals surface area contributed by atoms with Crippen molar-refractivity contribution >= 4 is 11.6 Å². The molecule has 1 saturated carbocycles. The van der Waals surface area contributed by atoms with Crippen molar-refractivity contribution in [3.63, 3.8) is 0 Å². The first-order chi connectivity index (χ1) is 9.22. The summed E-state index contributed by atoms with van der Waals surface area (Å²) in [6.45, 7) is 11.5. The van der Waals surface area contributed by atoms with Crippen LogP contribution in [0, 0.1) is 17.8 Å². The summed E-state index contributed by atoms with van der Waals surface area (Å²) in [5.41, 5.74) is 1.86. The minimum Gasteiger partial charge on any atom is -0.373 e. The number of nitrogens with one attached hydrogen (secondary N) is 2. The highest BCUT2D eigenvalue weighted by atomic mass is 15.1. The van der Waals surface area contributed by atoms with Crippen molar-refractivity contribution in [2.24, 2.45) is 10.8 Å². The van der Waals surface area contributed by atoms with Crippen molar-refractivity contribution < 1.29 is 0 Å². The molecular weight excluding hydrogens is 248 g/mol. The van der Waals surface area contributed by atoms with Gasteiger partial charge in [-0.25, -0.2) is 9.97 Å². The van der Waals surface area contributed by atoms with E-state index in [-0.39, 0.29) is 0 Å². The number of nitrogens with zero attached hydrogens (tertiary/aromatic N) is 2. The summed E-state index contributed by atoms with van der Waals surface area (Å²) in [5, 5.41) is 6.76. The zero-order chi connectivity index (χ0) is 15.0. The first-order valence-corrected chi connectivity index (χ1v) is 7.48. The Morgan fingerprint density at radius 3 is 2.15 bits per heavy atom. The van der Waals surface area contributed by atoms with Crippen LogP contribution in [0.25, 0.3) is 0 Å². The molecule has 1 fully saturated rings. The fourth-order valence-corrected chi connectivity index (χ4v) is 3.99. The molecule has 1 aromatic heterocycles. The average Bonchev–Trinajstić information content (AvgIpc) is 2.27. The lowest BCUT2D eigenvalue weighted by Gasteiger charge is -2.45. The third-order valence-electron chi connectivity index (χ3n) is 4.22. The van der Waals surface area contributed by atoms with Gasteiger partial charge in [0.25, 0.3) is 0 Å². The average molecular weight is 276 g/mol. The van der Waals surface area contributed by atoms with Crippen molar-refractivity contribution in [1.29, 1.82) is 0 Å². The summed E-state index contributed by atoms with van der Waals surface area (Å²) in [6.07, 6.45) is 5.28. The van der Waals surface area contributed by atoms with Crippen LogP contribution in [-0.4, -0.2) is 23.1 Å². The monoisotopic (exact) mass is 276 g/mol. The van der Waals surface area contributed by atoms with Crippen molar-refractivity contribution in [3.05, 3.63) is 11.9 Å². The van der Waals surface area contributed by atoms with E-state index >= 15 is 0 Å². The van der Waals surface area contributed by atoms with Crippen LogP contribution in [0.15, 0.2) is 6.33 Å². The topological polar surface area (TPSA) is 49.8 Å². The van der Waals surface area contributed by atoms with Crippen LogP contribution in [0.2, 0.25) is 0 Å². The van der Waals surface area contributed by atoms with E-state index in [0.717, 1.165) is 17.2 Å². The Labute approximate surface area is 122 Å². The van der Waals surface area contributed by atoms with Gasteiger partial charge in [-0.2, -0.15) is 0 Å². The molecule has 20 heavy (non-hydrogen) atoms. The maximum Gasteiger partial charge on any atom is 0.134 e. The Hall–Kier alpha value is -1.32. The van der Waals surface area contributed by atoms with E-state index in [2.05, 4.69) is 55.2 Å². The molecule has 112 valence electrons. The second kappa shape index (κ2) is 5.23. The van der Waals surface area contributed by atoms with Gasteiger partial charge in [0.15, 0.2) is 0 Å². The summed E-state index contributed by atoms with van der Waals surface area (Å²) in [4.78, 5) is 8.66. The Balaban J connectivity index is 2.17. The molecule has 0 atom stereocenters. The predicted molar refractivity (Wildman–Crippen MR) is 85.1 cm³/mol. The Kier molecular flexibility index (Phi) is 3.94. The summed E-state index contributed by atoms with van der Waals surface area (Å²) in [5.74, 6) is 1.86. The predicted octanol–water partition coefficient (Wildman–Crippen LogP) is 3.84. The quantitative estimate of drug-likeness (QED) is 0.880. The molecule has 1 aromatic rings. The van der Waals surface area contributed by atoms with E-state index in [4.69, 9.17) is 0 Å². The molecule has 1 heterocycles. The summed E-state index contributed by atoms with van der Waals surface area (Å²) in [7, 11) is 1.89.